The molecule has 1 aromatic heterocycles. The van der Waals surface area contributed by atoms with Gasteiger partial charge in [-0.05, 0) is 35.6 Å². The zero-order valence-electron chi connectivity index (χ0n) is 11.8. The van der Waals surface area contributed by atoms with E-state index in [4.69, 9.17) is 5.73 Å². The topological polar surface area (TPSA) is 50.9 Å². The average molecular weight is 267 g/mol. The van der Waals surface area contributed by atoms with Crippen molar-refractivity contribution >= 4 is 0 Å². The van der Waals surface area contributed by atoms with Gasteiger partial charge >= 0.3 is 0 Å². The van der Waals surface area contributed by atoms with E-state index in [1.807, 2.05) is 12.3 Å². The normalized spacial score (nSPS) is 20.9. The molecule has 3 heteroatoms. The number of rotatable bonds is 4. The number of hydrogen-bond donors (Lipinski definition) is 2. The number of nitrogens with zero attached hydrogens (tertiary/aromatic N) is 1. The molecule has 2 atom stereocenters. The molecule has 0 fully saturated rings. The first-order valence-corrected chi connectivity index (χ1v) is 7.30. The molecule has 3 N–H and O–H groups in total. The van der Waals surface area contributed by atoms with Crippen LogP contribution in [-0.4, -0.2) is 4.98 Å². The van der Waals surface area contributed by atoms with Crippen molar-refractivity contribution in [1.29, 1.82) is 0 Å². The maximum atomic E-state index is 6.21. The van der Waals surface area contributed by atoms with Gasteiger partial charge in [0.1, 0.15) is 0 Å². The van der Waals surface area contributed by atoms with Crippen LogP contribution in [0.1, 0.15) is 47.8 Å². The fourth-order valence-corrected chi connectivity index (χ4v) is 3.04. The van der Waals surface area contributed by atoms with Gasteiger partial charge in [-0.3, -0.25) is 4.98 Å². The molecule has 1 heterocycles. The highest BCUT2D eigenvalue weighted by Gasteiger charge is 2.27. The van der Waals surface area contributed by atoms with E-state index in [1.165, 1.54) is 16.7 Å². The van der Waals surface area contributed by atoms with Crippen LogP contribution in [0.25, 0.3) is 0 Å². The minimum atomic E-state index is 0.151. The van der Waals surface area contributed by atoms with Crippen LogP contribution in [0, 0.1) is 0 Å². The molecule has 3 rings (SSSR count). The first kappa shape index (κ1) is 13.3. The third kappa shape index (κ3) is 2.47. The number of nitrogens with two attached hydrogens (primary N) is 1. The lowest BCUT2D eigenvalue weighted by Gasteiger charge is -2.15. The molecule has 1 aromatic carbocycles. The first-order chi connectivity index (χ1) is 9.79. The Labute approximate surface area is 120 Å². The molecule has 0 bridgehead atoms. The van der Waals surface area contributed by atoms with Crippen LogP contribution in [-0.2, 0) is 13.0 Å². The van der Waals surface area contributed by atoms with Crippen molar-refractivity contribution in [1.82, 2.24) is 10.3 Å². The van der Waals surface area contributed by atoms with E-state index in [2.05, 4.69) is 47.6 Å². The van der Waals surface area contributed by atoms with Gasteiger partial charge in [0.2, 0.25) is 0 Å². The van der Waals surface area contributed by atoms with Crippen LogP contribution in [0.5, 0.6) is 0 Å². The van der Waals surface area contributed by atoms with Gasteiger partial charge in [0.05, 0.1) is 5.69 Å². The lowest BCUT2D eigenvalue weighted by Crippen LogP contribution is -2.21. The lowest BCUT2D eigenvalue weighted by atomic mass is 10.1. The van der Waals surface area contributed by atoms with Gasteiger partial charge in [-0.2, -0.15) is 0 Å². The summed E-state index contributed by atoms with van der Waals surface area (Å²) in [6.07, 6.45) is 3.85. The second-order valence-corrected chi connectivity index (χ2v) is 5.37. The standard InChI is InChI=1S/C17H21N3/c1-2-12-6-5-9-19-17(12)11-20-16-10-15(18)13-7-3-4-8-14(13)16/h3-9,15-16,20H,2,10-11,18H2,1H3. The van der Waals surface area contributed by atoms with E-state index in [1.54, 1.807) is 0 Å². The maximum Gasteiger partial charge on any atom is 0.0573 e. The van der Waals surface area contributed by atoms with Crippen LogP contribution in [0.15, 0.2) is 42.6 Å². The first-order valence-electron chi connectivity index (χ1n) is 7.30. The van der Waals surface area contributed by atoms with Crippen molar-refractivity contribution in [3.05, 3.63) is 65.0 Å². The number of fused-ring (bicyclic) bond motifs is 1. The molecule has 3 nitrogen and oxygen atoms in total. The average Bonchev–Trinajstić information content (AvgIpc) is 2.82. The predicted molar refractivity (Wildman–Crippen MR) is 81.2 cm³/mol. The Kier molecular flexibility index (Phi) is 3.81. The summed E-state index contributed by atoms with van der Waals surface area (Å²) in [7, 11) is 0. The van der Waals surface area contributed by atoms with Gasteiger partial charge in [0.15, 0.2) is 0 Å². The Balaban J connectivity index is 1.74. The van der Waals surface area contributed by atoms with E-state index in [-0.39, 0.29) is 6.04 Å². The number of hydrogen-bond acceptors (Lipinski definition) is 3. The molecule has 0 saturated carbocycles. The summed E-state index contributed by atoms with van der Waals surface area (Å²) in [5.74, 6) is 0. The Morgan fingerprint density at radius 3 is 2.80 bits per heavy atom. The molecule has 104 valence electrons. The Morgan fingerprint density at radius 1 is 1.20 bits per heavy atom. The van der Waals surface area contributed by atoms with Gasteiger partial charge in [0, 0.05) is 24.8 Å². The Morgan fingerprint density at radius 2 is 2.00 bits per heavy atom. The van der Waals surface area contributed by atoms with Gasteiger partial charge in [-0.15, -0.1) is 0 Å². The van der Waals surface area contributed by atoms with Crippen molar-refractivity contribution in [3.63, 3.8) is 0 Å². The van der Waals surface area contributed by atoms with Gasteiger partial charge < -0.3 is 11.1 Å². The lowest BCUT2D eigenvalue weighted by molar-refractivity contribution is 0.493. The fraction of sp³-hybridized carbons (Fsp3) is 0.353. The van der Waals surface area contributed by atoms with Crippen LogP contribution >= 0.6 is 0 Å². The molecule has 20 heavy (non-hydrogen) atoms. The molecule has 0 aliphatic heterocycles. The number of nitrogens with one attached hydrogen (secondary N) is 1. The minimum absolute atomic E-state index is 0.151. The van der Waals surface area contributed by atoms with E-state index in [9.17, 15) is 0 Å². The third-order valence-corrected chi connectivity index (χ3v) is 4.14. The second-order valence-electron chi connectivity index (χ2n) is 5.37. The van der Waals surface area contributed by atoms with Crippen LogP contribution in [0.2, 0.25) is 0 Å². The molecule has 0 amide bonds. The van der Waals surface area contributed by atoms with E-state index < -0.39 is 0 Å². The van der Waals surface area contributed by atoms with E-state index >= 15 is 0 Å². The van der Waals surface area contributed by atoms with Crippen LogP contribution in [0.4, 0.5) is 0 Å². The molecule has 2 unspecified atom stereocenters. The fourth-order valence-electron chi connectivity index (χ4n) is 3.04. The summed E-state index contributed by atoms with van der Waals surface area (Å²) >= 11 is 0. The van der Waals surface area contributed by atoms with Crippen LogP contribution in [0.3, 0.4) is 0 Å². The smallest absolute Gasteiger partial charge is 0.0573 e. The zero-order chi connectivity index (χ0) is 13.9. The van der Waals surface area contributed by atoms with Gasteiger partial charge in [-0.1, -0.05) is 37.3 Å². The largest absolute Gasteiger partial charge is 0.324 e. The second kappa shape index (κ2) is 5.73. The Bertz CT molecular complexity index is 594. The van der Waals surface area contributed by atoms with Crippen molar-refractivity contribution in [2.45, 2.75) is 38.4 Å². The number of aromatic nitrogens is 1. The third-order valence-electron chi connectivity index (χ3n) is 4.14. The Hall–Kier alpha value is -1.71. The highest BCUT2D eigenvalue weighted by Crippen LogP contribution is 2.37. The SMILES string of the molecule is CCc1cccnc1CNC1CC(N)c2ccccc21. The number of aryl methyl sites for hydroxylation is 1. The molecule has 1 aliphatic rings. The summed E-state index contributed by atoms with van der Waals surface area (Å²) in [5, 5.41) is 3.62. The summed E-state index contributed by atoms with van der Waals surface area (Å²) in [6, 6.07) is 13.1. The zero-order valence-corrected chi connectivity index (χ0v) is 11.8. The summed E-state index contributed by atoms with van der Waals surface area (Å²) in [6.45, 7) is 2.97. The van der Waals surface area contributed by atoms with Crippen molar-refractivity contribution < 1.29 is 0 Å². The summed E-state index contributed by atoms with van der Waals surface area (Å²) in [5.41, 5.74) is 11.3. The van der Waals surface area contributed by atoms with Crippen LogP contribution < -0.4 is 11.1 Å². The van der Waals surface area contributed by atoms with Crippen molar-refractivity contribution in [3.8, 4) is 0 Å². The highest BCUT2D eigenvalue weighted by atomic mass is 14.9. The van der Waals surface area contributed by atoms with Crippen molar-refractivity contribution in [2.75, 3.05) is 0 Å². The summed E-state index contributed by atoms with van der Waals surface area (Å²) in [4.78, 5) is 4.49. The van der Waals surface area contributed by atoms with E-state index in [0.29, 0.717) is 6.04 Å². The monoisotopic (exact) mass is 267 g/mol. The molecule has 2 aromatic rings. The highest BCUT2D eigenvalue weighted by molar-refractivity contribution is 5.37. The molecular formula is C17H21N3. The quantitative estimate of drug-likeness (QED) is 0.895. The molecule has 0 spiro atoms. The van der Waals surface area contributed by atoms with Crippen molar-refractivity contribution in [2.24, 2.45) is 5.73 Å². The summed E-state index contributed by atoms with van der Waals surface area (Å²) < 4.78 is 0. The molecular weight excluding hydrogens is 246 g/mol. The maximum absolute atomic E-state index is 6.21. The van der Waals surface area contributed by atoms with Gasteiger partial charge in [0.25, 0.3) is 0 Å². The molecule has 0 saturated heterocycles. The number of benzene rings is 1. The molecule has 0 radical (unpaired) electrons. The van der Waals surface area contributed by atoms with Gasteiger partial charge in [-0.25, -0.2) is 0 Å². The predicted octanol–water partition coefficient (Wildman–Crippen LogP) is 2.88. The minimum Gasteiger partial charge on any atom is -0.324 e. The number of pyridine rings is 1. The molecule has 1 aliphatic carbocycles. The van der Waals surface area contributed by atoms with E-state index in [0.717, 1.165) is 25.1 Å².